The van der Waals surface area contributed by atoms with E-state index in [1.54, 1.807) is 0 Å². The van der Waals surface area contributed by atoms with Gasteiger partial charge in [0, 0.05) is 24.5 Å². The number of nitrogen functional groups attached to an aromatic ring is 1. The van der Waals surface area contributed by atoms with Crippen LogP contribution in [0, 0.1) is 6.07 Å². The zero-order valence-corrected chi connectivity index (χ0v) is 9.39. The van der Waals surface area contributed by atoms with Gasteiger partial charge in [-0.3, -0.25) is 4.98 Å². The second-order valence-electron chi connectivity index (χ2n) is 3.09. The molecular weight excluding hydrogens is 242 g/mol. The Hall–Kier alpha value is -2.15. The minimum absolute atomic E-state index is 0.0527. The molecular formula is C10H8N3O3S. The van der Waals surface area contributed by atoms with Crippen LogP contribution in [0.25, 0.3) is 0 Å². The maximum absolute atomic E-state index is 11.7. The Balaban J connectivity index is 2.27. The van der Waals surface area contributed by atoms with Gasteiger partial charge in [-0.1, -0.05) is 0 Å². The van der Waals surface area contributed by atoms with E-state index >= 15 is 0 Å². The predicted octanol–water partition coefficient (Wildman–Crippen LogP) is 0.627. The third-order valence-corrected chi connectivity index (χ3v) is 3.01. The number of aromatic nitrogens is 2. The first-order valence-corrected chi connectivity index (χ1v) is 5.96. The molecule has 2 N–H and O–H groups in total. The van der Waals surface area contributed by atoms with E-state index in [4.69, 9.17) is 9.92 Å². The Labute approximate surface area is 98.2 Å². The van der Waals surface area contributed by atoms with Crippen molar-refractivity contribution in [3.8, 4) is 5.88 Å². The largest absolute Gasteiger partial charge is 0.397 e. The summed E-state index contributed by atoms with van der Waals surface area (Å²) in [4.78, 5) is 7.30. The molecule has 0 aromatic carbocycles. The highest BCUT2D eigenvalue weighted by Gasteiger charge is 2.17. The van der Waals surface area contributed by atoms with E-state index in [-0.39, 0.29) is 10.8 Å². The van der Waals surface area contributed by atoms with E-state index in [2.05, 4.69) is 16.0 Å². The van der Waals surface area contributed by atoms with E-state index < -0.39 is 10.1 Å². The van der Waals surface area contributed by atoms with Gasteiger partial charge in [0.05, 0.1) is 11.9 Å². The van der Waals surface area contributed by atoms with Gasteiger partial charge in [-0.25, -0.2) is 4.98 Å². The SMILES string of the molecule is Nc1ccc(OS(=O)(=O)c2c[c]cnc2)nc1. The van der Waals surface area contributed by atoms with Crippen LogP contribution in [-0.4, -0.2) is 18.4 Å². The van der Waals surface area contributed by atoms with Crippen molar-refractivity contribution in [1.82, 2.24) is 9.97 Å². The summed E-state index contributed by atoms with van der Waals surface area (Å²) in [5.41, 5.74) is 5.84. The zero-order valence-electron chi connectivity index (χ0n) is 8.57. The molecule has 0 spiro atoms. The Bertz CT molecular complexity index is 596. The molecule has 0 bridgehead atoms. The fraction of sp³-hybridized carbons (Fsp3) is 0. The summed E-state index contributed by atoms with van der Waals surface area (Å²) in [6, 6.07) is 6.68. The van der Waals surface area contributed by atoms with Crippen molar-refractivity contribution >= 4 is 15.8 Å². The molecule has 2 rings (SSSR count). The average molecular weight is 250 g/mol. The standard InChI is InChI=1S/C10H8N3O3S/c11-8-3-4-10(13-6-8)16-17(14,15)9-2-1-5-12-7-9/h2-7H,11H2. The Kier molecular flexibility index (Phi) is 2.92. The van der Waals surface area contributed by atoms with Gasteiger partial charge < -0.3 is 9.92 Å². The molecule has 0 saturated heterocycles. The van der Waals surface area contributed by atoms with E-state index in [1.807, 2.05) is 0 Å². The highest BCUT2D eigenvalue weighted by molar-refractivity contribution is 7.87. The van der Waals surface area contributed by atoms with Crippen LogP contribution in [0.1, 0.15) is 0 Å². The van der Waals surface area contributed by atoms with E-state index in [0.29, 0.717) is 5.69 Å². The fourth-order valence-electron chi connectivity index (χ4n) is 1.05. The van der Waals surface area contributed by atoms with Crippen molar-refractivity contribution in [2.45, 2.75) is 4.90 Å². The number of nitrogens with zero attached hydrogens (tertiary/aromatic N) is 2. The van der Waals surface area contributed by atoms with Crippen LogP contribution in [-0.2, 0) is 10.1 Å². The van der Waals surface area contributed by atoms with Gasteiger partial charge in [0.2, 0.25) is 5.88 Å². The number of pyridine rings is 2. The van der Waals surface area contributed by atoms with Crippen molar-refractivity contribution in [3.63, 3.8) is 0 Å². The van der Waals surface area contributed by atoms with Gasteiger partial charge in [0.1, 0.15) is 4.90 Å². The number of rotatable bonds is 3. The smallest absolute Gasteiger partial charge is 0.342 e. The Morgan fingerprint density at radius 2 is 2.12 bits per heavy atom. The lowest BCUT2D eigenvalue weighted by Gasteiger charge is -2.05. The normalized spacial score (nSPS) is 11.1. The molecule has 0 aliphatic rings. The van der Waals surface area contributed by atoms with Gasteiger partial charge in [-0.2, -0.15) is 8.42 Å². The Morgan fingerprint density at radius 1 is 1.29 bits per heavy atom. The van der Waals surface area contributed by atoms with Crippen LogP contribution < -0.4 is 9.92 Å². The minimum Gasteiger partial charge on any atom is -0.397 e. The van der Waals surface area contributed by atoms with Gasteiger partial charge in [-0.05, 0) is 12.1 Å². The molecule has 7 heteroatoms. The van der Waals surface area contributed by atoms with Gasteiger partial charge >= 0.3 is 10.1 Å². The maximum atomic E-state index is 11.7. The van der Waals surface area contributed by atoms with Crippen LogP contribution in [0.2, 0.25) is 0 Å². The molecule has 6 nitrogen and oxygen atoms in total. The second-order valence-corrected chi connectivity index (χ2v) is 4.63. The lowest BCUT2D eigenvalue weighted by atomic mass is 10.4. The van der Waals surface area contributed by atoms with Crippen molar-refractivity contribution in [2.75, 3.05) is 5.73 Å². The minimum atomic E-state index is -3.92. The third kappa shape index (κ3) is 2.70. The van der Waals surface area contributed by atoms with Crippen molar-refractivity contribution in [2.24, 2.45) is 0 Å². The van der Waals surface area contributed by atoms with Crippen LogP contribution in [0.3, 0.4) is 0 Å². The second kappa shape index (κ2) is 4.38. The molecule has 1 radical (unpaired) electrons. The fourth-order valence-corrected chi connectivity index (χ4v) is 1.87. The van der Waals surface area contributed by atoms with Crippen molar-refractivity contribution in [3.05, 3.63) is 42.9 Å². The number of anilines is 1. The van der Waals surface area contributed by atoms with Crippen LogP contribution in [0.15, 0.2) is 41.7 Å². The maximum Gasteiger partial charge on any atom is 0.342 e. The number of nitrogens with two attached hydrogens (primary N) is 1. The van der Waals surface area contributed by atoms with E-state index in [0.717, 1.165) is 0 Å². The van der Waals surface area contributed by atoms with Crippen molar-refractivity contribution in [1.29, 1.82) is 0 Å². The van der Waals surface area contributed by atoms with Gasteiger partial charge in [-0.15, -0.1) is 0 Å². The van der Waals surface area contributed by atoms with Gasteiger partial charge in [0.25, 0.3) is 0 Å². The highest BCUT2D eigenvalue weighted by atomic mass is 32.2. The van der Waals surface area contributed by atoms with Crippen LogP contribution in [0.5, 0.6) is 5.88 Å². The first kappa shape index (κ1) is 11.3. The molecule has 0 fully saturated rings. The summed E-state index contributed by atoms with van der Waals surface area (Å²) in [5.74, 6) is -0.0527. The lowest BCUT2D eigenvalue weighted by molar-refractivity contribution is 0.476. The Morgan fingerprint density at radius 3 is 2.71 bits per heavy atom. The molecule has 2 aromatic rings. The molecule has 2 aromatic heterocycles. The first-order valence-electron chi connectivity index (χ1n) is 4.55. The number of hydrogen-bond donors (Lipinski definition) is 1. The summed E-state index contributed by atoms with van der Waals surface area (Å²) in [5, 5.41) is 0. The molecule has 0 saturated carbocycles. The highest BCUT2D eigenvalue weighted by Crippen LogP contribution is 2.15. The quantitative estimate of drug-likeness (QED) is 0.802. The third-order valence-electron chi connectivity index (χ3n) is 1.82. The lowest BCUT2D eigenvalue weighted by Crippen LogP contribution is -2.10. The molecule has 0 unspecified atom stereocenters. The van der Waals surface area contributed by atoms with Gasteiger partial charge in [0.15, 0.2) is 0 Å². The summed E-state index contributed by atoms with van der Waals surface area (Å²) < 4.78 is 28.3. The summed E-state index contributed by atoms with van der Waals surface area (Å²) >= 11 is 0. The topological polar surface area (TPSA) is 95.2 Å². The van der Waals surface area contributed by atoms with Crippen molar-refractivity contribution < 1.29 is 12.6 Å². The zero-order chi connectivity index (χ0) is 12.3. The predicted molar refractivity (Wildman–Crippen MR) is 59.5 cm³/mol. The molecule has 0 amide bonds. The van der Waals surface area contributed by atoms with Crippen LogP contribution >= 0.6 is 0 Å². The molecule has 0 aliphatic heterocycles. The van der Waals surface area contributed by atoms with E-state index in [1.165, 1.54) is 36.8 Å². The van der Waals surface area contributed by atoms with Crippen LogP contribution in [0.4, 0.5) is 5.69 Å². The monoisotopic (exact) mass is 250 g/mol. The summed E-state index contributed by atoms with van der Waals surface area (Å²) in [7, 11) is -3.92. The average Bonchev–Trinajstić information content (AvgIpc) is 2.33. The molecule has 0 aliphatic carbocycles. The number of hydrogen-bond acceptors (Lipinski definition) is 6. The molecule has 17 heavy (non-hydrogen) atoms. The molecule has 2 heterocycles. The molecule has 0 atom stereocenters. The first-order chi connectivity index (χ1) is 8.08. The summed E-state index contributed by atoms with van der Waals surface area (Å²) in [6.07, 6.45) is 3.82. The van der Waals surface area contributed by atoms with E-state index in [9.17, 15) is 8.42 Å². The summed E-state index contributed by atoms with van der Waals surface area (Å²) in [6.45, 7) is 0. The molecule has 87 valence electrons.